The van der Waals surface area contributed by atoms with E-state index in [4.69, 9.17) is 4.74 Å². The molecule has 0 bridgehead atoms. The molecular weight excluding hydrogens is 499 g/mol. The zero-order valence-corrected chi connectivity index (χ0v) is 23.3. The van der Waals surface area contributed by atoms with Crippen LogP contribution in [0.1, 0.15) is 55.8 Å². The van der Waals surface area contributed by atoms with Crippen molar-refractivity contribution in [3.63, 3.8) is 0 Å². The van der Waals surface area contributed by atoms with Crippen LogP contribution in [0.3, 0.4) is 0 Å². The molecule has 3 atom stereocenters. The number of fused-ring (bicyclic) bond motifs is 1. The Morgan fingerprint density at radius 1 is 1.18 bits per heavy atom. The number of pyridine rings is 1. The highest BCUT2D eigenvalue weighted by Crippen LogP contribution is 2.36. The summed E-state index contributed by atoms with van der Waals surface area (Å²) in [6.07, 6.45) is 4.68. The Labute approximate surface area is 229 Å². The molecule has 0 unspecified atom stereocenters. The lowest BCUT2D eigenvalue weighted by Gasteiger charge is -2.39. The Balaban J connectivity index is 1.31. The first-order valence-electron chi connectivity index (χ1n) is 13.6. The SMILES string of the molecule is COc1ccc2nccc([C@H](F)CC[C@@H]3CCN(CCCSc4ccc(C)cc4)C[C@H]3CCC(=O)O)c2c1. The number of methoxy groups -OCH3 is 1. The predicted molar refractivity (Wildman–Crippen MR) is 153 cm³/mol. The van der Waals surface area contributed by atoms with Crippen LogP contribution < -0.4 is 4.74 Å². The first kappa shape index (κ1) is 28.4. The third-order valence-corrected chi connectivity index (χ3v) is 8.82. The number of rotatable bonds is 13. The van der Waals surface area contributed by atoms with Crippen molar-refractivity contribution in [1.82, 2.24) is 9.88 Å². The van der Waals surface area contributed by atoms with Gasteiger partial charge < -0.3 is 14.7 Å². The molecule has 1 aromatic heterocycles. The van der Waals surface area contributed by atoms with Gasteiger partial charge in [0.2, 0.25) is 0 Å². The van der Waals surface area contributed by atoms with E-state index in [0.29, 0.717) is 30.1 Å². The van der Waals surface area contributed by atoms with Gasteiger partial charge in [-0.05, 0) is 112 Å². The van der Waals surface area contributed by atoms with E-state index in [9.17, 15) is 9.90 Å². The zero-order chi connectivity index (χ0) is 26.9. The van der Waals surface area contributed by atoms with Crippen LogP contribution >= 0.6 is 11.8 Å². The quantitative estimate of drug-likeness (QED) is 0.182. The summed E-state index contributed by atoms with van der Waals surface area (Å²) < 4.78 is 20.9. The van der Waals surface area contributed by atoms with Gasteiger partial charge in [-0.15, -0.1) is 11.8 Å². The maximum absolute atomic E-state index is 15.6. The molecule has 5 nitrogen and oxygen atoms in total. The van der Waals surface area contributed by atoms with Gasteiger partial charge in [0.15, 0.2) is 0 Å². The Kier molecular flexibility index (Phi) is 10.4. The Morgan fingerprint density at radius 3 is 2.76 bits per heavy atom. The molecule has 1 fully saturated rings. The molecule has 204 valence electrons. The smallest absolute Gasteiger partial charge is 0.303 e. The van der Waals surface area contributed by atoms with E-state index in [2.05, 4.69) is 41.1 Å². The summed E-state index contributed by atoms with van der Waals surface area (Å²) >= 11 is 1.89. The number of thioether (sulfide) groups is 1. The summed E-state index contributed by atoms with van der Waals surface area (Å²) in [6.45, 7) is 5.02. The number of piperidine rings is 1. The van der Waals surface area contributed by atoms with Crippen LogP contribution in [0.2, 0.25) is 0 Å². The van der Waals surface area contributed by atoms with Crippen molar-refractivity contribution in [2.24, 2.45) is 11.8 Å². The number of hydrogen-bond acceptors (Lipinski definition) is 5. The minimum Gasteiger partial charge on any atom is -0.497 e. The molecule has 0 aliphatic carbocycles. The second-order valence-corrected chi connectivity index (χ2v) is 11.6. The van der Waals surface area contributed by atoms with Crippen molar-refractivity contribution >= 4 is 28.6 Å². The number of carbonyl (C=O) groups is 1. The van der Waals surface area contributed by atoms with Gasteiger partial charge >= 0.3 is 5.97 Å². The molecule has 2 heterocycles. The predicted octanol–water partition coefficient (Wildman–Crippen LogP) is 7.33. The molecule has 4 rings (SSSR count). The van der Waals surface area contributed by atoms with Crippen LogP contribution in [-0.4, -0.2) is 53.5 Å². The highest BCUT2D eigenvalue weighted by Gasteiger charge is 2.30. The fourth-order valence-corrected chi connectivity index (χ4v) is 6.39. The third kappa shape index (κ3) is 7.93. The summed E-state index contributed by atoms with van der Waals surface area (Å²) in [6, 6.07) is 16.0. The van der Waals surface area contributed by atoms with Crippen molar-refractivity contribution in [1.29, 1.82) is 0 Å². The number of carboxylic acid groups (broad SMARTS) is 1. The standard InChI is InChI=1S/C31H39FN2O3S/c1-22-4-9-26(10-5-22)38-19-3-17-34-18-15-23(24(21-34)7-13-31(35)36)6-11-29(32)27-14-16-33-30-12-8-25(37-2)20-28(27)30/h4-5,8-10,12,14,16,20,23-24,29H,3,6-7,11,13,15,17-19,21H2,1-2H3,(H,35,36)/t23-,24-,29-/m1/s1. The number of aliphatic carboxylic acids is 1. The van der Waals surface area contributed by atoms with E-state index in [-0.39, 0.29) is 12.3 Å². The first-order valence-corrected chi connectivity index (χ1v) is 14.6. The lowest BCUT2D eigenvalue weighted by molar-refractivity contribution is -0.137. The Bertz CT molecular complexity index is 1190. The highest BCUT2D eigenvalue weighted by molar-refractivity contribution is 7.99. The van der Waals surface area contributed by atoms with Gasteiger partial charge in [-0.25, -0.2) is 4.39 Å². The number of hydrogen-bond donors (Lipinski definition) is 1. The fourth-order valence-electron chi connectivity index (χ4n) is 5.55. The van der Waals surface area contributed by atoms with E-state index in [1.807, 2.05) is 30.0 Å². The van der Waals surface area contributed by atoms with Crippen LogP contribution in [0.15, 0.2) is 59.6 Å². The molecule has 1 aliphatic rings. The number of benzene rings is 2. The number of ether oxygens (including phenoxy) is 1. The number of halogens is 1. The van der Waals surface area contributed by atoms with E-state index in [1.165, 1.54) is 10.5 Å². The Hall–Kier alpha value is -2.64. The summed E-state index contributed by atoms with van der Waals surface area (Å²) in [5.41, 5.74) is 2.69. The van der Waals surface area contributed by atoms with Crippen molar-refractivity contribution in [3.8, 4) is 5.75 Å². The van der Waals surface area contributed by atoms with Gasteiger partial charge in [-0.3, -0.25) is 9.78 Å². The van der Waals surface area contributed by atoms with Crippen LogP contribution in [0.25, 0.3) is 10.9 Å². The van der Waals surface area contributed by atoms with Gasteiger partial charge in [0.1, 0.15) is 11.9 Å². The number of carboxylic acids is 1. The highest BCUT2D eigenvalue weighted by atomic mass is 32.2. The van der Waals surface area contributed by atoms with Crippen molar-refractivity contribution in [2.75, 3.05) is 32.5 Å². The molecule has 0 saturated carbocycles. The van der Waals surface area contributed by atoms with Gasteiger partial charge in [0, 0.05) is 29.4 Å². The van der Waals surface area contributed by atoms with Gasteiger partial charge in [-0.1, -0.05) is 17.7 Å². The first-order chi connectivity index (χ1) is 18.4. The number of alkyl halides is 1. The second-order valence-electron chi connectivity index (χ2n) is 10.4. The molecule has 1 aliphatic heterocycles. The number of aromatic nitrogens is 1. The fraction of sp³-hybridized carbons (Fsp3) is 0.484. The maximum atomic E-state index is 15.6. The van der Waals surface area contributed by atoms with E-state index in [1.54, 1.807) is 19.4 Å². The largest absolute Gasteiger partial charge is 0.497 e. The number of likely N-dealkylation sites (tertiary alicyclic amines) is 1. The maximum Gasteiger partial charge on any atom is 0.303 e. The average molecular weight is 539 g/mol. The lowest BCUT2D eigenvalue weighted by atomic mass is 9.79. The lowest BCUT2D eigenvalue weighted by Crippen LogP contribution is -2.41. The zero-order valence-electron chi connectivity index (χ0n) is 22.4. The number of aryl methyl sites for hydroxylation is 1. The third-order valence-electron chi connectivity index (χ3n) is 7.72. The number of nitrogens with zero attached hydrogens (tertiary/aromatic N) is 2. The van der Waals surface area contributed by atoms with Crippen molar-refractivity contribution < 1.29 is 19.0 Å². The molecular formula is C31H39FN2O3S. The summed E-state index contributed by atoms with van der Waals surface area (Å²) in [5.74, 6) is 1.63. The molecule has 0 spiro atoms. The van der Waals surface area contributed by atoms with Crippen LogP contribution in [-0.2, 0) is 4.79 Å². The van der Waals surface area contributed by atoms with Crippen LogP contribution in [0, 0.1) is 18.8 Å². The summed E-state index contributed by atoms with van der Waals surface area (Å²) in [7, 11) is 1.61. The van der Waals surface area contributed by atoms with E-state index < -0.39 is 12.1 Å². The summed E-state index contributed by atoms with van der Waals surface area (Å²) in [5, 5.41) is 10.1. The molecule has 3 aromatic rings. The molecule has 0 amide bonds. The molecule has 0 radical (unpaired) electrons. The topological polar surface area (TPSA) is 62.7 Å². The average Bonchev–Trinajstić information content (AvgIpc) is 2.93. The van der Waals surface area contributed by atoms with E-state index >= 15 is 4.39 Å². The molecule has 1 N–H and O–H groups in total. The minimum absolute atomic E-state index is 0.173. The second kappa shape index (κ2) is 13.9. The molecule has 1 saturated heterocycles. The minimum atomic E-state index is -1.09. The van der Waals surface area contributed by atoms with Crippen LogP contribution in [0.5, 0.6) is 5.75 Å². The Morgan fingerprint density at radius 2 is 2.00 bits per heavy atom. The van der Waals surface area contributed by atoms with Crippen LogP contribution in [0.4, 0.5) is 4.39 Å². The van der Waals surface area contributed by atoms with Gasteiger partial charge in [0.25, 0.3) is 0 Å². The van der Waals surface area contributed by atoms with Crippen molar-refractivity contribution in [3.05, 3.63) is 65.9 Å². The molecule has 38 heavy (non-hydrogen) atoms. The summed E-state index contributed by atoms with van der Waals surface area (Å²) in [4.78, 5) is 19.5. The monoisotopic (exact) mass is 538 g/mol. The van der Waals surface area contributed by atoms with E-state index in [0.717, 1.165) is 55.6 Å². The normalized spacial score (nSPS) is 18.9. The molecule has 2 aromatic carbocycles. The molecule has 7 heteroatoms. The van der Waals surface area contributed by atoms with Crippen molar-refractivity contribution in [2.45, 2.75) is 56.5 Å². The van der Waals surface area contributed by atoms with Gasteiger partial charge in [-0.2, -0.15) is 0 Å². The van der Waals surface area contributed by atoms with Gasteiger partial charge in [0.05, 0.1) is 12.6 Å².